The molecule has 1 rings (SSSR count). The van der Waals surface area contributed by atoms with E-state index in [0.29, 0.717) is 24.7 Å². The highest BCUT2D eigenvalue weighted by molar-refractivity contribution is 5.50. The fraction of sp³-hybridized carbons (Fsp3) is 0.750. The highest BCUT2D eigenvalue weighted by atomic mass is 16.5. The van der Waals surface area contributed by atoms with Crippen LogP contribution in [0.3, 0.4) is 0 Å². The first-order valence-corrected chi connectivity index (χ1v) is 11.4. The molecule has 0 amide bonds. The molecule has 0 unspecified atom stereocenters. The van der Waals surface area contributed by atoms with Crippen molar-refractivity contribution >= 4 is 0 Å². The summed E-state index contributed by atoms with van der Waals surface area (Å²) in [7, 11) is 0. The van der Waals surface area contributed by atoms with Crippen molar-refractivity contribution in [2.75, 3.05) is 13.2 Å². The highest BCUT2D eigenvalue weighted by Gasteiger charge is 2.10. The van der Waals surface area contributed by atoms with Gasteiger partial charge in [0.15, 0.2) is 11.5 Å². The maximum atomic E-state index is 10.1. The maximum Gasteiger partial charge on any atom is 0.203 e. The van der Waals surface area contributed by atoms with Gasteiger partial charge < -0.3 is 14.6 Å². The van der Waals surface area contributed by atoms with Gasteiger partial charge in [-0.15, -0.1) is 0 Å². The first-order valence-electron chi connectivity index (χ1n) is 11.4. The fourth-order valence-electron chi connectivity index (χ4n) is 3.24. The number of phenols is 1. The second-order valence-corrected chi connectivity index (χ2v) is 7.54. The van der Waals surface area contributed by atoms with Crippen molar-refractivity contribution in [1.29, 1.82) is 0 Å². The Morgan fingerprint density at radius 3 is 1.67 bits per heavy atom. The van der Waals surface area contributed by atoms with Crippen LogP contribution in [0.1, 0.15) is 104 Å². The Morgan fingerprint density at radius 2 is 1.11 bits per heavy atom. The summed E-state index contributed by atoms with van der Waals surface area (Å²) in [4.78, 5) is 0. The first kappa shape index (κ1) is 23.7. The molecular formula is C24H42O3. The monoisotopic (exact) mass is 378 g/mol. The molecular weight excluding hydrogens is 336 g/mol. The van der Waals surface area contributed by atoms with Gasteiger partial charge in [0.2, 0.25) is 5.75 Å². The molecule has 0 radical (unpaired) electrons. The predicted octanol–water partition coefficient (Wildman–Crippen LogP) is 7.65. The summed E-state index contributed by atoms with van der Waals surface area (Å²) in [6.07, 6.45) is 17.6. The predicted molar refractivity (Wildman–Crippen MR) is 115 cm³/mol. The van der Waals surface area contributed by atoms with Crippen LogP contribution in [0.2, 0.25) is 0 Å². The summed E-state index contributed by atoms with van der Waals surface area (Å²) in [6, 6.07) is 5.37. The Labute approximate surface area is 167 Å². The van der Waals surface area contributed by atoms with Crippen LogP contribution in [-0.4, -0.2) is 18.3 Å². The molecule has 3 heteroatoms. The van der Waals surface area contributed by atoms with Gasteiger partial charge in [0.05, 0.1) is 13.2 Å². The number of hydrogen-bond donors (Lipinski definition) is 1. The van der Waals surface area contributed by atoms with Crippen LogP contribution in [0, 0.1) is 0 Å². The first-order chi connectivity index (χ1) is 13.3. The molecule has 0 saturated carbocycles. The summed E-state index contributed by atoms with van der Waals surface area (Å²) in [5, 5.41) is 10.1. The smallest absolute Gasteiger partial charge is 0.203 e. The quantitative estimate of drug-likeness (QED) is 0.267. The van der Waals surface area contributed by atoms with E-state index in [1.807, 2.05) is 12.1 Å². The third-order valence-corrected chi connectivity index (χ3v) is 4.96. The molecule has 3 nitrogen and oxygen atoms in total. The number of ether oxygens (including phenoxy) is 2. The molecule has 0 spiro atoms. The zero-order valence-corrected chi connectivity index (χ0v) is 17.8. The minimum Gasteiger partial charge on any atom is -0.504 e. The molecule has 0 atom stereocenters. The van der Waals surface area contributed by atoms with Crippen molar-refractivity contribution < 1.29 is 14.6 Å². The van der Waals surface area contributed by atoms with E-state index >= 15 is 0 Å². The number of phenolic OH excluding ortho intramolecular Hbond substituents is 1. The Balaban J connectivity index is 2.21. The van der Waals surface area contributed by atoms with Crippen molar-refractivity contribution in [3.05, 3.63) is 18.2 Å². The lowest BCUT2D eigenvalue weighted by Gasteiger charge is -2.14. The molecule has 1 aromatic carbocycles. The van der Waals surface area contributed by atoms with Gasteiger partial charge in [-0.25, -0.2) is 0 Å². The van der Waals surface area contributed by atoms with E-state index in [4.69, 9.17) is 9.47 Å². The largest absolute Gasteiger partial charge is 0.504 e. The van der Waals surface area contributed by atoms with Crippen molar-refractivity contribution in [1.82, 2.24) is 0 Å². The highest BCUT2D eigenvalue weighted by Crippen LogP contribution is 2.36. The standard InChI is InChI=1S/C24H42O3/c1-3-5-7-9-11-13-15-20-26-23-19-17-18-22(25)24(23)27-21-16-14-12-10-8-6-4-2/h17-19,25H,3-16,20-21H2,1-2H3. The minimum atomic E-state index is 0.176. The van der Waals surface area contributed by atoms with E-state index < -0.39 is 0 Å². The van der Waals surface area contributed by atoms with Crippen LogP contribution in [-0.2, 0) is 0 Å². The molecule has 1 N–H and O–H groups in total. The second-order valence-electron chi connectivity index (χ2n) is 7.54. The zero-order valence-electron chi connectivity index (χ0n) is 17.8. The van der Waals surface area contributed by atoms with Gasteiger partial charge in [0, 0.05) is 0 Å². The SMILES string of the molecule is CCCCCCCCCOc1cccc(O)c1OCCCCCCCCC. The van der Waals surface area contributed by atoms with Crippen LogP contribution in [0.5, 0.6) is 17.2 Å². The van der Waals surface area contributed by atoms with Gasteiger partial charge in [-0.1, -0.05) is 97.0 Å². The van der Waals surface area contributed by atoms with Gasteiger partial charge in [0.1, 0.15) is 0 Å². The Morgan fingerprint density at radius 1 is 0.630 bits per heavy atom. The van der Waals surface area contributed by atoms with Gasteiger partial charge in [-0.2, -0.15) is 0 Å². The van der Waals surface area contributed by atoms with Crippen LogP contribution < -0.4 is 9.47 Å². The van der Waals surface area contributed by atoms with Crippen molar-refractivity contribution in [2.24, 2.45) is 0 Å². The molecule has 27 heavy (non-hydrogen) atoms. The Kier molecular flexibility index (Phi) is 14.7. The number of rotatable bonds is 18. The molecule has 0 fully saturated rings. The third kappa shape index (κ3) is 11.8. The number of unbranched alkanes of at least 4 members (excludes halogenated alkanes) is 12. The summed E-state index contributed by atoms with van der Waals surface area (Å²) in [5.74, 6) is 1.35. The van der Waals surface area contributed by atoms with E-state index in [9.17, 15) is 5.11 Å². The number of benzene rings is 1. The van der Waals surface area contributed by atoms with E-state index in [1.165, 1.54) is 77.0 Å². The van der Waals surface area contributed by atoms with Crippen LogP contribution >= 0.6 is 0 Å². The maximum absolute atomic E-state index is 10.1. The lowest BCUT2D eigenvalue weighted by Crippen LogP contribution is -2.03. The summed E-state index contributed by atoms with van der Waals surface area (Å²) in [6.45, 7) is 5.81. The van der Waals surface area contributed by atoms with Gasteiger partial charge in [-0.3, -0.25) is 0 Å². The summed E-state index contributed by atoms with van der Waals surface area (Å²) >= 11 is 0. The zero-order chi connectivity index (χ0) is 19.6. The molecule has 0 heterocycles. The van der Waals surface area contributed by atoms with E-state index in [1.54, 1.807) is 6.07 Å². The number of para-hydroxylation sites is 1. The summed E-state index contributed by atoms with van der Waals surface area (Å²) < 4.78 is 11.7. The molecule has 156 valence electrons. The van der Waals surface area contributed by atoms with Crippen LogP contribution in [0.25, 0.3) is 0 Å². The normalized spacial score (nSPS) is 10.9. The molecule has 0 aliphatic heterocycles. The van der Waals surface area contributed by atoms with E-state index in [-0.39, 0.29) is 5.75 Å². The molecule has 0 aromatic heterocycles. The number of hydrogen-bond acceptors (Lipinski definition) is 3. The van der Waals surface area contributed by atoms with E-state index in [0.717, 1.165) is 12.8 Å². The van der Waals surface area contributed by atoms with Crippen molar-refractivity contribution in [3.63, 3.8) is 0 Å². The summed E-state index contributed by atoms with van der Waals surface area (Å²) in [5.41, 5.74) is 0. The molecule has 0 saturated heterocycles. The minimum absolute atomic E-state index is 0.176. The topological polar surface area (TPSA) is 38.7 Å². The van der Waals surface area contributed by atoms with Gasteiger partial charge in [-0.05, 0) is 25.0 Å². The van der Waals surface area contributed by atoms with Crippen LogP contribution in [0.4, 0.5) is 0 Å². The van der Waals surface area contributed by atoms with Gasteiger partial charge >= 0.3 is 0 Å². The average Bonchev–Trinajstić information content (AvgIpc) is 2.67. The molecule has 0 aliphatic rings. The average molecular weight is 379 g/mol. The number of aromatic hydroxyl groups is 1. The second kappa shape index (κ2) is 16.8. The van der Waals surface area contributed by atoms with Crippen LogP contribution in [0.15, 0.2) is 18.2 Å². The Bertz CT molecular complexity index is 459. The van der Waals surface area contributed by atoms with E-state index in [2.05, 4.69) is 13.8 Å². The third-order valence-electron chi connectivity index (χ3n) is 4.96. The lowest BCUT2D eigenvalue weighted by molar-refractivity contribution is 0.249. The Hall–Kier alpha value is -1.38. The molecule has 0 bridgehead atoms. The fourth-order valence-corrected chi connectivity index (χ4v) is 3.24. The van der Waals surface area contributed by atoms with Gasteiger partial charge in [0.25, 0.3) is 0 Å². The molecule has 1 aromatic rings. The van der Waals surface area contributed by atoms with Crippen molar-refractivity contribution in [2.45, 2.75) is 104 Å². The lowest BCUT2D eigenvalue weighted by atomic mass is 10.1. The van der Waals surface area contributed by atoms with Crippen molar-refractivity contribution in [3.8, 4) is 17.2 Å². The molecule has 0 aliphatic carbocycles.